The third-order valence-electron chi connectivity index (χ3n) is 3.81. The second-order valence-electron chi connectivity index (χ2n) is 5.35. The van der Waals surface area contributed by atoms with Gasteiger partial charge in [-0.05, 0) is 31.7 Å². The maximum atomic E-state index is 12.5. The number of hydrogen-bond acceptors (Lipinski definition) is 4. The molecule has 1 aliphatic carbocycles. The van der Waals surface area contributed by atoms with Crippen molar-refractivity contribution >= 4 is 11.8 Å². The van der Waals surface area contributed by atoms with E-state index in [2.05, 4.69) is 15.3 Å². The van der Waals surface area contributed by atoms with E-state index in [1.807, 2.05) is 6.92 Å². The third kappa shape index (κ3) is 2.18. The maximum Gasteiger partial charge on any atom is 0.249 e. The first-order valence-corrected chi connectivity index (χ1v) is 6.46. The lowest BCUT2D eigenvalue weighted by Gasteiger charge is -2.39. The number of nitrogens with one attached hydrogen (secondary N) is 1. The molecule has 0 radical (unpaired) electrons. The zero-order valence-electron chi connectivity index (χ0n) is 10.8. The number of rotatable bonds is 3. The fourth-order valence-corrected chi connectivity index (χ4v) is 2.60. The summed E-state index contributed by atoms with van der Waals surface area (Å²) < 4.78 is 0. The highest BCUT2D eigenvalue weighted by molar-refractivity contribution is 5.98. The molecule has 0 aromatic carbocycles. The number of amides is 2. The fourth-order valence-electron chi connectivity index (χ4n) is 2.60. The van der Waals surface area contributed by atoms with Gasteiger partial charge in [0.2, 0.25) is 11.8 Å². The van der Waals surface area contributed by atoms with Crippen LogP contribution in [0, 0.1) is 5.92 Å². The Balaban J connectivity index is 1.81. The van der Waals surface area contributed by atoms with Crippen LogP contribution in [0.25, 0.3) is 0 Å². The number of hydrogen-bond donors (Lipinski definition) is 1. The zero-order chi connectivity index (χ0) is 13.5. The molecule has 100 valence electrons. The monoisotopic (exact) mass is 260 g/mol. The molecule has 3 rings (SSSR count). The van der Waals surface area contributed by atoms with Crippen molar-refractivity contribution in [3.8, 4) is 0 Å². The quantitative estimate of drug-likeness (QED) is 0.836. The van der Waals surface area contributed by atoms with Gasteiger partial charge in [-0.2, -0.15) is 0 Å². The summed E-state index contributed by atoms with van der Waals surface area (Å²) in [5, 5.41) is 2.85. The van der Waals surface area contributed by atoms with Crippen molar-refractivity contribution in [3.63, 3.8) is 0 Å². The van der Waals surface area contributed by atoms with Gasteiger partial charge in [0.25, 0.3) is 0 Å². The Bertz CT molecular complexity index is 515. The molecule has 1 N–H and O–H groups in total. The van der Waals surface area contributed by atoms with Crippen LogP contribution in [0.4, 0.5) is 0 Å². The highest BCUT2D eigenvalue weighted by Crippen LogP contribution is 2.41. The number of carbonyl (C=O) groups excluding carboxylic acids is 2. The van der Waals surface area contributed by atoms with Gasteiger partial charge in [-0.25, -0.2) is 9.97 Å². The van der Waals surface area contributed by atoms with Crippen LogP contribution >= 0.6 is 0 Å². The molecule has 0 bridgehead atoms. The van der Waals surface area contributed by atoms with E-state index < -0.39 is 5.54 Å². The summed E-state index contributed by atoms with van der Waals surface area (Å²) >= 11 is 0. The molecule has 6 nitrogen and oxygen atoms in total. The van der Waals surface area contributed by atoms with Gasteiger partial charge in [-0.15, -0.1) is 0 Å². The van der Waals surface area contributed by atoms with Crippen LogP contribution in [-0.2, 0) is 16.1 Å². The second-order valence-corrected chi connectivity index (χ2v) is 5.35. The minimum Gasteiger partial charge on any atom is -0.340 e. The maximum absolute atomic E-state index is 12.5. The summed E-state index contributed by atoms with van der Waals surface area (Å²) in [5.74, 6) is 0.694. The minimum absolute atomic E-state index is 0.0259. The molecule has 1 unspecified atom stereocenters. The van der Waals surface area contributed by atoms with E-state index in [0.717, 1.165) is 12.8 Å². The van der Waals surface area contributed by atoms with Crippen LogP contribution in [0.3, 0.4) is 0 Å². The van der Waals surface area contributed by atoms with Crippen molar-refractivity contribution < 1.29 is 9.59 Å². The lowest BCUT2D eigenvalue weighted by Crippen LogP contribution is -2.66. The van der Waals surface area contributed by atoms with Crippen LogP contribution in [0.1, 0.15) is 25.6 Å². The molecular weight excluding hydrogens is 244 g/mol. The second kappa shape index (κ2) is 4.29. The fraction of sp³-hybridized carbons (Fsp3) is 0.538. The Morgan fingerprint density at radius 3 is 2.68 bits per heavy atom. The summed E-state index contributed by atoms with van der Waals surface area (Å²) in [6.07, 6.45) is 5.27. The molecule has 19 heavy (non-hydrogen) atoms. The van der Waals surface area contributed by atoms with E-state index in [1.54, 1.807) is 23.4 Å². The smallest absolute Gasteiger partial charge is 0.249 e. The van der Waals surface area contributed by atoms with Gasteiger partial charge in [0.15, 0.2) is 0 Å². The average molecular weight is 260 g/mol. The van der Waals surface area contributed by atoms with E-state index in [4.69, 9.17) is 0 Å². The normalized spacial score (nSPS) is 27.3. The number of carbonyl (C=O) groups is 2. The van der Waals surface area contributed by atoms with E-state index in [-0.39, 0.29) is 30.8 Å². The molecule has 2 heterocycles. The van der Waals surface area contributed by atoms with E-state index in [1.165, 1.54) is 0 Å². The van der Waals surface area contributed by atoms with Crippen molar-refractivity contribution in [3.05, 3.63) is 24.3 Å². The third-order valence-corrected chi connectivity index (χ3v) is 3.81. The van der Waals surface area contributed by atoms with Crippen molar-refractivity contribution in [2.75, 3.05) is 6.54 Å². The standard InChI is InChI=1S/C13H16N4O2/c1-13(9-3-4-9)12(19)17(8-11(18)16-13)7-10-14-5-2-6-15-10/h2,5-6,9H,3-4,7-8H2,1H3,(H,16,18). The number of aromatic nitrogens is 2. The molecular formula is C13H16N4O2. The highest BCUT2D eigenvalue weighted by atomic mass is 16.2. The number of nitrogens with zero attached hydrogens (tertiary/aromatic N) is 3. The zero-order valence-corrected chi connectivity index (χ0v) is 10.8. The molecule has 6 heteroatoms. The molecule has 2 amide bonds. The Hall–Kier alpha value is -1.98. The van der Waals surface area contributed by atoms with Crippen molar-refractivity contribution in [2.45, 2.75) is 31.8 Å². The van der Waals surface area contributed by atoms with Crippen LogP contribution in [-0.4, -0.2) is 38.8 Å². The molecule has 2 fully saturated rings. The Morgan fingerprint density at radius 2 is 2.05 bits per heavy atom. The average Bonchev–Trinajstić information content (AvgIpc) is 3.21. The lowest BCUT2D eigenvalue weighted by molar-refractivity contribution is -0.150. The Kier molecular flexibility index (Phi) is 2.73. The van der Waals surface area contributed by atoms with Crippen LogP contribution < -0.4 is 5.32 Å². The summed E-state index contributed by atoms with van der Waals surface area (Å²) in [7, 11) is 0. The molecule has 1 aliphatic heterocycles. The van der Waals surface area contributed by atoms with Crippen LogP contribution in [0.2, 0.25) is 0 Å². The number of piperazine rings is 1. The summed E-state index contributed by atoms with van der Waals surface area (Å²) in [6.45, 7) is 2.19. The van der Waals surface area contributed by atoms with Gasteiger partial charge in [-0.3, -0.25) is 9.59 Å². The molecule has 1 saturated carbocycles. The van der Waals surface area contributed by atoms with Gasteiger partial charge in [-0.1, -0.05) is 0 Å². The van der Waals surface area contributed by atoms with E-state index in [0.29, 0.717) is 5.82 Å². The largest absolute Gasteiger partial charge is 0.340 e. The van der Waals surface area contributed by atoms with E-state index >= 15 is 0 Å². The Labute approximate surface area is 111 Å². The van der Waals surface area contributed by atoms with Crippen LogP contribution in [0.5, 0.6) is 0 Å². The lowest BCUT2D eigenvalue weighted by atomic mass is 9.91. The summed E-state index contributed by atoms with van der Waals surface area (Å²) in [4.78, 5) is 34.1. The van der Waals surface area contributed by atoms with Crippen LogP contribution in [0.15, 0.2) is 18.5 Å². The van der Waals surface area contributed by atoms with Gasteiger partial charge >= 0.3 is 0 Å². The predicted molar refractivity (Wildman–Crippen MR) is 66.7 cm³/mol. The first-order valence-electron chi connectivity index (χ1n) is 6.46. The first kappa shape index (κ1) is 12.1. The Morgan fingerprint density at radius 1 is 1.37 bits per heavy atom. The van der Waals surface area contributed by atoms with E-state index in [9.17, 15) is 9.59 Å². The van der Waals surface area contributed by atoms with Crippen molar-refractivity contribution in [2.24, 2.45) is 5.92 Å². The van der Waals surface area contributed by atoms with Gasteiger partial charge < -0.3 is 10.2 Å². The topological polar surface area (TPSA) is 75.2 Å². The summed E-state index contributed by atoms with van der Waals surface area (Å²) in [6, 6.07) is 1.72. The van der Waals surface area contributed by atoms with Crippen molar-refractivity contribution in [1.29, 1.82) is 0 Å². The molecule has 1 aromatic rings. The van der Waals surface area contributed by atoms with Crippen molar-refractivity contribution in [1.82, 2.24) is 20.2 Å². The minimum atomic E-state index is -0.746. The molecule has 0 spiro atoms. The molecule has 1 aromatic heterocycles. The first-order chi connectivity index (χ1) is 9.09. The highest BCUT2D eigenvalue weighted by Gasteiger charge is 2.52. The molecule has 1 atom stereocenters. The SMILES string of the molecule is CC1(C2CC2)NC(=O)CN(Cc2ncccn2)C1=O. The predicted octanol–water partition coefficient (Wildman–Crippen LogP) is 0.104. The summed E-state index contributed by atoms with van der Waals surface area (Å²) in [5.41, 5.74) is -0.746. The molecule has 1 saturated heterocycles. The van der Waals surface area contributed by atoms with Gasteiger partial charge in [0.1, 0.15) is 17.9 Å². The van der Waals surface area contributed by atoms with Gasteiger partial charge in [0, 0.05) is 12.4 Å². The molecule has 2 aliphatic rings. The van der Waals surface area contributed by atoms with Gasteiger partial charge in [0.05, 0.1) is 6.54 Å².